The van der Waals surface area contributed by atoms with E-state index in [0.717, 1.165) is 15.4 Å². The molecule has 7 heteroatoms. The lowest BCUT2D eigenvalue weighted by Gasteiger charge is -2.09. The number of carbonyl (C=O) groups excluding carboxylic acids is 1. The van der Waals surface area contributed by atoms with Crippen molar-refractivity contribution in [3.63, 3.8) is 0 Å². The van der Waals surface area contributed by atoms with Crippen molar-refractivity contribution in [3.05, 3.63) is 34.0 Å². The zero-order chi connectivity index (χ0) is 15.2. The summed E-state index contributed by atoms with van der Waals surface area (Å²) in [6, 6.07) is 5.20. The van der Waals surface area contributed by atoms with Gasteiger partial charge in [-0.3, -0.25) is 4.79 Å². The highest BCUT2D eigenvalue weighted by Crippen LogP contribution is 2.28. The predicted molar refractivity (Wildman–Crippen MR) is 83.2 cm³/mol. The van der Waals surface area contributed by atoms with Gasteiger partial charge in [0.15, 0.2) is 15.6 Å². The van der Waals surface area contributed by atoms with Crippen LogP contribution in [0.4, 0.5) is 0 Å². The van der Waals surface area contributed by atoms with E-state index in [1.807, 2.05) is 19.1 Å². The van der Waals surface area contributed by atoms with Crippen LogP contribution < -0.4 is 5.32 Å². The standard InChI is InChI=1S/C14H14BrNO4S/c1-8-11-6-9(15)2-3-12(11)20-13(8)14(17)16-10-4-5-21(18,19)7-10/h2-3,6,10H,4-5,7H2,1H3,(H,16,17). The van der Waals surface area contributed by atoms with Gasteiger partial charge in [0.2, 0.25) is 0 Å². The van der Waals surface area contributed by atoms with E-state index in [2.05, 4.69) is 21.2 Å². The van der Waals surface area contributed by atoms with E-state index in [-0.39, 0.29) is 29.2 Å². The lowest BCUT2D eigenvalue weighted by atomic mass is 10.1. The summed E-state index contributed by atoms with van der Waals surface area (Å²) in [5.41, 5.74) is 1.39. The van der Waals surface area contributed by atoms with E-state index in [4.69, 9.17) is 4.42 Å². The lowest BCUT2D eigenvalue weighted by molar-refractivity contribution is 0.0914. The molecule has 0 bridgehead atoms. The summed E-state index contributed by atoms with van der Waals surface area (Å²) in [5.74, 6) is 0.0161. The molecule has 0 saturated carbocycles. The number of sulfone groups is 1. The molecule has 5 nitrogen and oxygen atoms in total. The fourth-order valence-corrected chi connectivity index (χ4v) is 4.60. The number of hydrogen-bond acceptors (Lipinski definition) is 4. The molecule has 2 aromatic rings. The number of nitrogens with one attached hydrogen (secondary N) is 1. The van der Waals surface area contributed by atoms with Crippen LogP contribution in [-0.4, -0.2) is 31.9 Å². The molecular formula is C14H14BrNO4S. The van der Waals surface area contributed by atoms with E-state index in [9.17, 15) is 13.2 Å². The third-order valence-corrected chi connectivity index (χ3v) is 5.93. The Kier molecular flexibility index (Phi) is 3.57. The highest BCUT2D eigenvalue weighted by Gasteiger charge is 2.30. The van der Waals surface area contributed by atoms with Gasteiger partial charge < -0.3 is 9.73 Å². The first-order valence-corrected chi connectivity index (χ1v) is 9.17. The quantitative estimate of drug-likeness (QED) is 0.879. The molecule has 2 heterocycles. The van der Waals surface area contributed by atoms with Crippen LogP contribution in [-0.2, 0) is 9.84 Å². The lowest BCUT2D eigenvalue weighted by Crippen LogP contribution is -2.35. The molecule has 1 aromatic carbocycles. The highest BCUT2D eigenvalue weighted by molar-refractivity contribution is 9.10. The molecule has 1 amide bonds. The van der Waals surface area contributed by atoms with E-state index in [0.29, 0.717) is 12.0 Å². The molecule has 1 unspecified atom stereocenters. The van der Waals surface area contributed by atoms with Crippen molar-refractivity contribution >= 4 is 42.6 Å². The third-order valence-electron chi connectivity index (χ3n) is 3.67. The maximum absolute atomic E-state index is 12.3. The number of benzene rings is 1. The van der Waals surface area contributed by atoms with Crippen molar-refractivity contribution in [2.75, 3.05) is 11.5 Å². The normalized spacial score (nSPS) is 20.8. The van der Waals surface area contributed by atoms with Crippen LogP contribution >= 0.6 is 15.9 Å². The maximum atomic E-state index is 12.3. The zero-order valence-electron chi connectivity index (χ0n) is 11.3. The molecule has 21 heavy (non-hydrogen) atoms. The van der Waals surface area contributed by atoms with Gasteiger partial charge >= 0.3 is 0 Å². The molecule has 1 N–H and O–H groups in total. The van der Waals surface area contributed by atoms with Gasteiger partial charge in [-0.2, -0.15) is 0 Å². The van der Waals surface area contributed by atoms with Crippen LogP contribution in [0.1, 0.15) is 22.5 Å². The van der Waals surface area contributed by atoms with Crippen LogP contribution in [0.2, 0.25) is 0 Å². The Morgan fingerprint density at radius 1 is 1.43 bits per heavy atom. The number of hydrogen-bond donors (Lipinski definition) is 1. The number of furan rings is 1. The molecule has 1 aromatic heterocycles. The van der Waals surface area contributed by atoms with Crippen molar-refractivity contribution in [1.82, 2.24) is 5.32 Å². The van der Waals surface area contributed by atoms with Gasteiger partial charge in [0.05, 0.1) is 11.5 Å². The molecule has 0 aliphatic carbocycles. The summed E-state index contributed by atoms with van der Waals surface area (Å²) < 4.78 is 29.4. The number of fused-ring (bicyclic) bond motifs is 1. The average Bonchev–Trinajstić information content (AvgIpc) is 2.90. The van der Waals surface area contributed by atoms with Crippen LogP contribution in [0.25, 0.3) is 11.0 Å². The Morgan fingerprint density at radius 2 is 2.19 bits per heavy atom. The topological polar surface area (TPSA) is 76.4 Å². The minimum atomic E-state index is -3.02. The second-order valence-corrected chi connectivity index (χ2v) is 8.41. The van der Waals surface area contributed by atoms with Gasteiger partial charge in [-0.25, -0.2) is 8.42 Å². The predicted octanol–water partition coefficient (Wildman–Crippen LogP) is 2.42. The van der Waals surface area contributed by atoms with Crippen molar-refractivity contribution in [3.8, 4) is 0 Å². The Bertz CT molecular complexity index is 825. The van der Waals surface area contributed by atoms with Crippen molar-refractivity contribution in [2.24, 2.45) is 0 Å². The smallest absolute Gasteiger partial charge is 0.287 e. The Balaban J connectivity index is 1.87. The number of aryl methyl sites for hydroxylation is 1. The number of halogens is 1. The first kappa shape index (κ1) is 14.6. The van der Waals surface area contributed by atoms with Crippen molar-refractivity contribution < 1.29 is 17.6 Å². The zero-order valence-corrected chi connectivity index (χ0v) is 13.8. The van der Waals surface area contributed by atoms with Crippen molar-refractivity contribution in [1.29, 1.82) is 0 Å². The first-order chi connectivity index (χ1) is 9.85. The molecule has 0 spiro atoms. The number of rotatable bonds is 2. The van der Waals surface area contributed by atoms with E-state index >= 15 is 0 Å². The second kappa shape index (κ2) is 5.14. The molecule has 1 aliphatic heterocycles. The Hall–Kier alpha value is -1.34. The Labute approximate surface area is 130 Å². The van der Waals surface area contributed by atoms with Gasteiger partial charge in [0.25, 0.3) is 5.91 Å². The monoisotopic (exact) mass is 371 g/mol. The summed E-state index contributed by atoms with van der Waals surface area (Å²) in [5, 5.41) is 3.61. The average molecular weight is 372 g/mol. The van der Waals surface area contributed by atoms with Gasteiger partial charge in [-0.1, -0.05) is 15.9 Å². The van der Waals surface area contributed by atoms with Crippen LogP contribution in [0.15, 0.2) is 27.1 Å². The second-order valence-electron chi connectivity index (χ2n) is 5.27. The van der Waals surface area contributed by atoms with Gasteiger partial charge in [0.1, 0.15) is 5.58 Å². The van der Waals surface area contributed by atoms with Gasteiger partial charge in [-0.05, 0) is 31.5 Å². The fraction of sp³-hybridized carbons (Fsp3) is 0.357. The third kappa shape index (κ3) is 2.85. The summed E-state index contributed by atoms with van der Waals surface area (Å²) in [6.07, 6.45) is 0.457. The summed E-state index contributed by atoms with van der Waals surface area (Å²) in [6.45, 7) is 1.82. The largest absolute Gasteiger partial charge is 0.451 e. The molecule has 1 saturated heterocycles. The molecular weight excluding hydrogens is 358 g/mol. The fourth-order valence-electron chi connectivity index (χ4n) is 2.57. The first-order valence-electron chi connectivity index (χ1n) is 6.56. The molecule has 3 rings (SSSR count). The number of amides is 1. The van der Waals surface area contributed by atoms with Crippen molar-refractivity contribution in [2.45, 2.75) is 19.4 Å². The minimum Gasteiger partial charge on any atom is -0.451 e. The molecule has 1 aliphatic rings. The SMILES string of the molecule is Cc1c(C(=O)NC2CCS(=O)(=O)C2)oc2ccc(Br)cc12. The van der Waals surface area contributed by atoms with Gasteiger partial charge in [-0.15, -0.1) is 0 Å². The summed E-state index contributed by atoms with van der Waals surface area (Å²) >= 11 is 3.39. The minimum absolute atomic E-state index is 0.00354. The van der Waals surface area contributed by atoms with Crippen LogP contribution in [0, 0.1) is 6.92 Å². The van der Waals surface area contributed by atoms with Crippen LogP contribution in [0.3, 0.4) is 0 Å². The molecule has 1 fully saturated rings. The molecule has 1 atom stereocenters. The Morgan fingerprint density at radius 3 is 2.86 bits per heavy atom. The molecule has 0 radical (unpaired) electrons. The highest BCUT2D eigenvalue weighted by atomic mass is 79.9. The van der Waals surface area contributed by atoms with Crippen LogP contribution in [0.5, 0.6) is 0 Å². The number of carbonyl (C=O) groups is 1. The summed E-state index contributed by atoms with van der Waals surface area (Å²) in [7, 11) is -3.02. The van der Waals surface area contributed by atoms with Gasteiger partial charge in [0, 0.05) is 21.5 Å². The summed E-state index contributed by atoms with van der Waals surface area (Å²) in [4.78, 5) is 12.3. The van der Waals surface area contributed by atoms with E-state index in [1.165, 1.54) is 0 Å². The van der Waals surface area contributed by atoms with E-state index in [1.54, 1.807) is 6.07 Å². The van der Waals surface area contributed by atoms with E-state index < -0.39 is 9.84 Å². The molecule has 112 valence electrons. The maximum Gasteiger partial charge on any atom is 0.287 e.